The molecule has 0 spiro atoms. The zero-order chi connectivity index (χ0) is 20.9. The highest BCUT2D eigenvalue weighted by atomic mass is 35.5. The van der Waals surface area contributed by atoms with E-state index in [2.05, 4.69) is 16.8 Å². The standard InChI is InChI=1S/C23H30N2O4.ClH/c1-3-14-24-23(27)18-29-22-11-9-19(10-12-22)13-15-25(2)16-20(26)17-28-21-7-5-4-6-8-21;/h3-12,20,26H,1,13-18H2,2H3,(H,24,27);1H. The number of halogens is 1. The molecule has 164 valence electrons. The number of hydrogen-bond donors (Lipinski definition) is 2. The Morgan fingerprint density at radius 1 is 1.13 bits per heavy atom. The Hall–Kier alpha value is -2.54. The number of aliphatic hydroxyl groups excluding tert-OH is 1. The number of nitrogens with one attached hydrogen (secondary N) is 1. The second kappa shape index (κ2) is 14.4. The van der Waals surface area contributed by atoms with Crippen molar-refractivity contribution >= 4 is 18.3 Å². The average molecular weight is 435 g/mol. The molecule has 2 rings (SSSR count). The molecule has 0 aliphatic rings. The molecule has 0 fully saturated rings. The fraction of sp³-hybridized carbons (Fsp3) is 0.348. The van der Waals surface area contributed by atoms with Crippen LogP contribution in [0.2, 0.25) is 0 Å². The lowest BCUT2D eigenvalue weighted by Crippen LogP contribution is -2.34. The van der Waals surface area contributed by atoms with Gasteiger partial charge in [0, 0.05) is 19.6 Å². The van der Waals surface area contributed by atoms with Crippen LogP contribution < -0.4 is 14.8 Å². The molecule has 1 atom stereocenters. The van der Waals surface area contributed by atoms with Gasteiger partial charge < -0.3 is 24.8 Å². The molecule has 0 aliphatic carbocycles. The molecule has 1 unspecified atom stereocenters. The minimum atomic E-state index is -0.553. The molecule has 0 bridgehead atoms. The van der Waals surface area contributed by atoms with Crippen LogP contribution in [0.4, 0.5) is 0 Å². The van der Waals surface area contributed by atoms with E-state index in [1.807, 2.05) is 61.6 Å². The lowest BCUT2D eigenvalue weighted by Gasteiger charge is -2.21. The van der Waals surface area contributed by atoms with Gasteiger partial charge in [-0.05, 0) is 43.3 Å². The lowest BCUT2D eigenvalue weighted by atomic mass is 10.1. The molecule has 7 heteroatoms. The molecule has 0 radical (unpaired) electrons. The van der Waals surface area contributed by atoms with Crippen LogP contribution in [0, 0.1) is 0 Å². The number of carbonyl (C=O) groups excluding carboxylic acids is 1. The molecule has 0 heterocycles. The first-order chi connectivity index (χ1) is 14.1. The summed E-state index contributed by atoms with van der Waals surface area (Å²) in [6.07, 6.45) is 1.92. The summed E-state index contributed by atoms with van der Waals surface area (Å²) in [6.45, 7) is 5.58. The number of nitrogens with zero attached hydrogens (tertiary/aromatic N) is 1. The number of rotatable bonds is 13. The van der Waals surface area contributed by atoms with E-state index in [0.29, 0.717) is 18.8 Å². The smallest absolute Gasteiger partial charge is 0.258 e. The van der Waals surface area contributed by atoms with Gasteiger partial charge in [-0.15, -0.1) is 19.0 Å². The maximum Gasteiger partial charge on any atom is 0.258 e. The Morgan fingerprint density at radius 2 is 1.80 bits per heavy atom. The molecule has 6 nitrogen and oxygen atoms in total. The summed E-state index contributed by atoms with van der Waals surface area (Å²) in [4.78, 5) is 13.6. The van der Waals surface area contributed by atoms with Crippen LogP contribution in [0.5, 0.6) is 11.5 Å². The van der Waals surface area contributed by atoms with Gasteiger partial charge in [-0.1, -0.05) is 36.4 Å². The monoisotopic (exact) mass is 434 g/mol. The van der Waals surface area contributed by atoms with Gasteiger partial charge in [-0.2, -0.15) is 0 Å². The number of likely N-dealkylation sites (N-methyl/N-ethyl adjacent to an activating group) is 1. The second-order valence-electron chi connectivity index (χ2n) is 6.82. The molecule has 0 aliphatic heterocycles. The van der Waals surface area contributed by atoms with Crippen molar-refractivity contribution in [2.45, 2.75) is 12.5 Å². The van der Waals surface area contributed by atoms with Crippen LogP contribution in [0.25, 0.3) is 0 Å². The van der Waals surface area contributed by atoms with E-state index in [9.17, 15) is 9.90 Å². The third-order valence-electron chi connectivity index (χ3n) is 4.23. The quantitative estimate of drug-likeness (QED) is 0.474. The first kappa shape index (κ1) is 25.5. The van der Waals surface area contributed by atoms with Crippen LogP contribution >= 0.6 is 12.4 Å². The summed E-state index contributed by atoms with van der Waals surface area (Å²) in [5.74, 6) is 1.24. The molecule has 2 aromatic rings. The lowest BCUT2D eigenvalue weighted by molar-refractivity contribution is -0.122. The molecule has 0 saturated heterocycles. The van der Waals surface area contributed by atoms with Crippen molar-refractivity contribution in [2.75, 3.05) is 39.9 Å². The first-order valence-corrected chi connectivity index (χ1v) is 9.70. The minimum Gasteiger partial charge on any atom is -0.491 e. The number of ether oxygens (including phenoxy) is 2. The summed E-state index contributed by atoms with van der Waals surface area (Å²) in [7, 11) is 1.98. The highest BCUT2D eigenvalue weighted by molar-refractivity contribution is 5.85. The fourth-order valence-corrected chi connectivity index (χ4v) is 2.67. The Morgan fingerprint density at radius 3 is 2.47 bits per heavy atom. The molecule has 1 amide bonds. The van der Waals surface area contributed by atoms with Gasteiger partial charge in [-0.25, -0.2) is 0 Å². The first-order valence-electron chi connectivity index (χ1n) is 9.70. The summed E-state index contributed by atoms with van der Waals surface area (Å²) in [6, 6.07) is 17.2. The Kier molecular flexibility index (Phi) is 12.3. The van der Waals surface area contributed by atoms with Crippen molar-refractivity contribution in [1.82, 2.24) is 10.2 Å². The highest BCUT2D eigenvalue weighted by Crippen LogP contribution is 2.13. The molecular formula is C23H31ClN2O4. The fourth-order valence-electron chi connectivity index (χ4n) is 2.67. The molecular weight excluding hydrogens is 404 g/mol. The predicted octanol–water partition coefficient (Wildman–Crippen LogP) is 2.70. The van der Waals surface area contributed by atoms with Crippen molar-refractivity contribution in [1.29, 1.82) is 0 Å². The number of aliphatic hydroxyl groups is 1. The van der Waals surface area contributed by atoms with E-state index in [1.54, 1.807) is 6.08 Å². The number of carbonyl (C=O) groups is 1. The topological polar surface area (TPSA) is 71.0 Å². The van der Waals surface area contributed by atoms with E-state index in [-0.39, 0.29) is 31.5 Å². The zero-order valence-electron chi connectivity index (χ0n) is 17.3. The van der Waals surface area contributed by atoms with Crippen molar-refractivity contribution in [3.05, 3.63) is 72.8 Å². The summed E-state index contributed by atoms with van der Waals surface area (Å²) in [5, 5.41) is 12.8. The van der Waals surface area contributed by atoms with Crippen LogP contribution in [0.3, 0.4) is 0 Å². The van der Waals surface area contributed by atoms with Gasteiger partial charge in [0.15, 0.2) is 6.61 Å². The van der Waals surface area contributed by atoms with E-state index in [0.717, 1.165) is 24.3 Å². The molecule has 2 aromatic carbocycles. The van der Waals surface area contributed by atoms with Gasteiger partial charge in [0.25, 0.3) is 5.91 Å². The van der Waals surface area contributed by atoms with E-state index < -0.39 is 6.10 Å². The zero-order valence-corrected chi connectivity index (χ0v) is 18.1. The average Bonchev–Trinajstić information content (AvgIpc) is 2.74. The summed E-state index contributed by atoms with van der Waals surface area (Å²) in [5.41, 5.74) is 1.16. The Balaban J connectivity index is 0.00000450. The SMILES string of the molecule is C=CCNC(=O)COc1ccc(CCN(C)CC(O)COc2ccccc2)cc1.Cl. The number of hydrogen-bond acceptors (Lipinski definition) is 5. The molecule has 2 N–H and O–H groups in total. The van der Waals surface area contributed by atoms with Gasteiger partial charge in [-0.3, -0.25) is 4.79 Å². The maximum atomic E-state index is 11.5. The number of para-hydroxylation sites is 1. The van der Waals surface area contributed by atoms with Crippen molar-refractivity contribution in [2.24, 2.45) is 0 Å². The van der Waals surface area contributed by atoms with Gasteiger partial charge in [0.1, 0.15) is 24.2 Å². The third kappa shape index (κ3) is 10.3. The van der Waals surface area contributed by atoms with E-state index in [4.69, 9.17) is 9.47 Å². The summed E-state index contributed by atoms with van der Waals surface area (Å²) >= 11 is 0. The van der Waals surface area contributed by atoms with E-state index in [1.165, 1.54) is 0 Å². The van der Waals surface area contributed by atoms with Crippen LogP contribution in [0.15, 0.2) is 67.3 Å². The summed E-state index contributed by atoms with van der Waals surface area (Å²) < 4.78 is 11.0. The van der Waals surface area contributed by atoms with Gasteiger partial charge in [0.05, 0.1) is 0 Å². The maximum absolute atomic E-state index is 11.5. The third-order valence-corrected chi connectivity index (χ3v) is 4.23. The molecule has 30 heavy (non-hydrogen) atoms. The largest absolute Gasteiger partial charge is 0.491 e. The van der Waals surface area contributed by atoms with E-state index >= 15 is 0 Å². The van der Waals surface area contributed by atoms with Crippen molar-refractivity contribution in [3.8, 4) is 11.5 Å². The van der Waals surface area contributed by atoms with Crippen LogP contribution in [-0.4, -0.2) is 61.9 Å². The Bertz CT molecular complexity index is 741. The van der Waals surface area contributed by atoms with Crippen molar-refractivity contribution < 1.29 is 19.4 Å². The Labute approximate surface area is 184 Å². The van der Waals surface area contributed by atoms with Gasteiger partial charge in [0.2, 0.25) is 0 Å². The predicted molar refractivity (Wildman–Crippen MR) is 122 cm³/mol. The van der Waals surface area contributed by atoms with Gasteiger partial charge >= 0.3 is 0 Å². The number of benzene rings is 2. The molecule has 0 aromatic heterocycles. The second-order valence-corrected chi connectivity index (χ2v) is 6.82. The van der Waals surface area contributed by atoms with Crippen molar-refractivity contribution in [3.63, 3.8) is 0 Å². The van der Waals surface area contributed by atoms with Crippen LogP contribution in [-0.2, 0) is 11.2 Å². The molecule has 0 saturated carbocycles. The van der Waals surface area contributed by atoms with Crippen LogP contribution in [0.1, 0.15) is 5.56 Å². The highest BCUT2D eigenvalue weighted by Gasteiger charge is 2.09. The minimum absolute atomic E-state index is 0. The normalized spacial score (nSPS) is 11.3. The number of amides is 1.